The van der Waals surface area contributed by atoms with Crippen LogP contribution in [0.4, 0.5) is 0 Å². The largest absolute Gasteiger partial charge is 0.387 e. The van der Waals surface area contributed by atoms with Gasteiger partial charge in [0.05, 0.1) is 12.7 Å². The zero-order valence-corrected chi connectivity index (χ0v) is 13.3. The van der Waals surface area contributed by atoms with Crippen LogP contribution in [0.3, 0.4) is 0 Å². The summed E-state index contributed by atoms with van der Waals surface area (Å²) in [7, 11) is 0. The van der Waals surface area contributed by atoms with Crippen molar-refractivity contribution in [2.45, 2.75) is 25.6 Å². The van der Waals surface area contributed by atoms with Crippen molar-refractivity contribution in [3.63, 3.8) is 0 Å². The molecule has 0 heterocycles. The Labute approximate surface area is 134 Å². The Hall–Kier alpha value is -1.07. The number of carbonyl (C=O) groups is 1. The highest BCUT2D eigenvalue weighted by atomic mass is 35.5. The van der Waals surface area contributed by atoms with Gasteiger partial charge in [0.1, 0.15) is 6.10 Å². The maximum Gasteiger partial charge on any atom is 0.248 e. The van der Waals surface area contributed by atoms with Crippen LogP contribution in [0.15, 0.2) is 30.9 Å². The highest BCUT2D eigenvalue weighted by Crippen LogP contribution is 2.25. The molecule has 2 N–H and O–H groups in total. The first kappa shape index (κ1) is 18.0. The molecule has 0 saturated carbocycles. The van der Waals surface area contributed by atoms with Crippen LogP contribution in [0.1, 0.15) is 25.0 Å². The summed E-state index contributed by atoms with van der Waals surface area (Å²) in [6.07, 6.45) is 0.911. The Morgan fingerprint density at radius 3 is 2.86 bits per heavy atom. The number of carbonyl (C=O) groups excluding carboxylic acids is 1. The molecule has 2 atom stereocenters. The molecular weight excluding hydrogens is 313 g/mol. The molecule has 1 aromatic rings. The molecule has 6 heteroatoms. The van der Waals surface area contributed by atoms with Gasteiger partial charge in [-0.2, -0.15) is 0 Å². The van der Waals surface area contributed by atoms with E-state index in [-0.39, 0.29) is 12.5 Å². The first-order valence-electron chi connectivity index (χ1n) is 6.59. The maximum atomic E-state index is 11.8. The number of halogens is 2. The minimum Gasteiger partial charge on any atom is -0.387 e. The summed E-state index contributed by atoms with van der Waals surface area (Å²) in [5.41, 5.74) is 0.515. The van der Waals surface area contributed by atoms with E-state index in [0.717, 1.165) is 0 Å². The second-order valence-corrected chi connectivity index (χ2v) is 5.36. The fourth-order valence-corrected chi connectivity index (χ4v) is 2.16. The third-order valence-electron chi connectivity index (χ3n) is 2.85. The van der Waals surface area contributed by atoms with Crippen molar-refractivity contribution in [1.29, 1.82) is 0 Å². The summed E-state index contributed by atoms with van der Waals surface area (Å²) in [5, 5.41) is 13.5. The number of aliphatic hydroxyl groups is 1. The number of amides is 1. The Bertz CT molecular complexity index is 494. The minimum atomic E-state index is -0.904. The van der Waals surface area contributed by atoms with Crippen molar-refractivity contribution >= 4 is 29.1 Å². The van der Waals surface area contributed by atoms with Crippen molar-refractivity contribution in [3.8, 4) is 0 Å². The number of ether oxygens (including phenoxy) is 1. The van der Waals surface area contributed by atoms with Crippen LogP contribution in [0.25, 0.3) is 0 Å². The van der Waals surface area contributed by atoms with Gasteiger partial charge in [0.15, 0.2) is 0 Å². The molecular formula is C15H19Cl2NO3. The van der Waals surface area contributed by atoms with Crippen LogP contribution >= 0.6 is 23.2 Å². The average Bonchev–Trinajstić information content (AvgIpc) is 2.44. The third kappa shape index (κ3) is 6.06. The summed E-state index contributed by atoms with van der Waals surface area (Å²) in [6.45, 7) is 5.71. The molecule has 0 bridgehead atoms. The molecule has 0 aliphatic carbocycles. The van der Waals surface area contributed by atoms with Crippen molar-refractivity contribution in [3.05, 3.63) is 46.5 Å². The van der Waals surface area contributed by atoms with E-state index < -0.39 is 12.2 Å². The molecule has 0 aromatic heterocycles. The molecule has 0 spiro atoms. The maximum absolute atomic E-state index is 11.8. The lowest BCUT2D eigenvalue weighted by molar-refractivity contribution is -0.132. The van der Waals surface area contributed by atoms with Crippen LogP contribution in [-0.2, 0) is 9.53 Å². The van der Waals surface area contributed by atoms with E-state index in [1.165, 1.54) is 0 Å². The van der Waals surface area contributed by atoms with Crippen molar-refractivity contribution < 1.29 is 14.6 Å². The summed E-state index contributed by atoms with van der Waals surface area (Å²) in [6, 6.07) is 4.81. The number of benzene rings is 1. The summed E-state index contributed by atoms with van der Waals surface area (Å²) in [4.78, 5) is 11.8. The number of hydrogen-bond donors (Lipinski definition) is 2. The van der Waals surface area contributed by atoms with E-state index in [1.807, 2.05) is 0 Å². The lowest BCUT2D eigenvalue weighted by atomic mass is 10.1. The van der Waals surface area contributed by atoms with Gasteiger partial charge in [-0.3, -0.25) is 4.79 Å². The van der Waals surface area contributed by atoms with Gasteiger partial charge in [-0.1, -0.05) is 35.3 Å². The van der Waals surface area contributed by atoms with Gasteiger partial charge in [0, 0.05) is 22.2 Å². The van der Waals surface area contributed by atoms with Crippen LogP contribution < -0.4 is 5.32 Å². The minimum absolute atomic E-state index is 0.0509. The van der Waals surface area contributed by atoms with Crippen LogP contribution in [0.5, 0.6) is 0 Å². The molecule has 1 aromatic carbocycles. The Kier molecular flexibility index (Phi) is 7.75. The monoisotopic (exact) mass is 331 g/mol. The van der Waals surface area contributed by atoms with Crippen LogP contribution in [0.2, 0.25) is 10.0 Å². The average molecular weight is 332 g/mol. The van der Waals surface area contributed by atoms with Crippen molar-refractivity contribution in [2.75, 3.05) is 13.2 Å². The van der Waals surface area contributed by atoms with Crippen LogP contribution in [0, 0.1) is 0 Å². The highest BCUT2D eigenvalue weighted by Gasteiger charge is 2.16. The van der Waals surface area contributed by atoms with E-state index in [0.29, 0.717) is 28.6 Å². The van der Waals surface area contributed by atoms with Crippen molar-refractivity contribution in [2.24, 2.45) is 0 Å². The normalized spacial score (nSPS) is 13.5. The van der Waals surface area contributed by atoms with E-state index >= 15 is 0 Å². The zero-order valence-electron chi connectivity index (χ0n) is 11.8. The fourth-order valence-electron chi connectivity index (χ4n) is 1.63. The summed E-state index contributed by atoms with van der Waals surface area (Å²) < 4.78 is 5.31. The Balaban J connectivity index is 2.46. The van der Waals surface area contributed by atoms with E-state index in [9.17, 15) is 9.90 Å². The molecule has 0 radical (unpaired) electrons. The number of rotatable bonds is 8. The molecule has 21 heavy (non-hydrogen) atoms. The summed E-state index contributed by atoms with van der Waals surface area (Å²) >= 11 is 11.8. The van der Waals surface area contributed by atoms with Gasteiger partial charge in [-0.15, -0.1) is 6.58 Å². The van der Waals surface area contributed by atoms with E-state index in [2.05, 4.69) is 11.9 Å². The predicted molar refractivity (Wildman–Crippen MR) is 84.7 cm³/mol. The van der Waals surface area contributed by atoms with Crippen molar-refractivity contribution in [1.82, 2.24) is 5.32 Å². The van der Waals surface area contributed by atoms with E-state index in [1.54, 1.807) is 31.2 Å². The second kappa shape index (κ2) is 9.05. The topological polar surface area (TPSA) is 58.6 Å². The molecule has 0 aliphatic heterocycles. The smallest absolute Gasteiger partial charge is 0.248 e. The predicted octanol–water partition coefficient (Wildman–Crippen LogP) is 3.12. The molecule has 0 aliphatic rings. The Morgan fingerprint density at radius 1 is 1.52 bits per heavy atom. The Morgan fingerprint density at radius 2 is 2.24 bits per heavy atom. The highest BCUT2D eigenvalue weighted by molar-refractivity contribution is 6.35. The van der Waals surface area contributed by atoms with Crippen LogP contribution in [-0.4, -0.2) is 30.3 Å². The van der Waals surface area contributed by atoms with Gasteiger partial charge in [-0.05, 0) is 25.5 Å². The first-order valence-corrected chi connectivity index (χ1v) is 7.34. The van der Waals surface area contributed by atoms with Gasteiger partial charge < -0.3 is 15.2 Å². The van der Waals surface area contributed by atoms with Gasteiger partial charge in [0.2, 0.25) is 5.91 Å². The van der Waals surface area contributed by atoms with E-state index in [4.69, 9.17) is 27.9 Å². The number of nitrogens with one attached hydrogen (secondary N) is 1. The lowest BCUT2D eigenvalue weighted by Crippen LogP contribution is -2.37. The summed E-state index contributed by atoms with van der Waals surface area (Å²) in [5.74, 6) is -0.289. The number of aliphatic hydroxyl groups excluding tert-OH is 1. The second-order valence-electron chi connectivity index (χ2n) is 4.52. The molecule has 1 rings (SSSR count). The van der Waals surface area contributed by atoms with Gasteiger partial charge in [0.25, 0.3) is 0 Å². The zero-order chi connectivity index (χ0) is 15.8. The fraction of sp³-hybridized carbons (Fsp3) is 0.400. The quantitative estimate of drug-likeness (QED) is 0.568. The standard InChI is InChI=1S/C15H19Cl2NO3/c1-3-4-7-21-10(2)15(20)18-9-14(19)12-6-5-11(16)8-13(12)17/h3,5-6,8,10,14,19H,1,4,7,9H2,2H3,(H,18,20). The molecule has 4 nitrogen and oxygen atoms in total. The number of hydrogen-bond acceptors (Lipinski definition) is 3. The molecule has 0 fully saturated rings. The first-order chi connectivity index (χ1) is 9.95. The van der Waals surface area contributed by atoms with Gasteiger partial charge in [-0.25, -0.2) is 0 Å². The molecule has 2 unspecified atom stereocenters. The SMILES string of the molecule is C=CCCOC(C)C(=O)NCC(O)c1ccc(Cl)cc1Cl. The molecule has 1 amide bonds. The molecule has 0 saturated heterocycles. The van der Waals surface area contributed by atoms with Gasteiger partial charge >= 0.3 is 0 Å². The third-order valence-corrected chi connectivity index (χ3v) is 3.41. The lowest BCUT2D eigenvalue weighted by Gasteiger charge is -2.16. The molecule has 116 valence electrons.